The van der Waals surface area contributed by atoms with Gasteiger partial charge in [0.15, 0.2) is 0 Å². The summed E-state index contributed by atoms with van der Waals surface area (Å²) in [5, 5.41) is 5.36. The number of halogens is 2. The molecule has 0 aliphatic carbocycles. The second-order valence-corrected chi connectivity index (χ2v) is 10.8. The van der Waals surface area contributed by atoms with Gasteiger partial charge in [0.05, 0.1) is 0 Å². The second-order valence-electron chi connectivity index (χ2n) is 7.08. The normalized spacial score (nSPS) is 10.9. The molecule has 4 aromatic rings. The van der Waals surface area contributed by atoms with Crippen molar-refractivity contribution in [2.45, 2.75) is 33.1 Å². The molecule has 27 heavy (non-hydrogen) atoms. The van der Waals surface area contributed by atoms with Gasteiger partial charge in [0.25, 0.3) is 0 Å². The Hall–Kier alpha value is -1.01. The van der Waals surface area contributed by atoms with Crippen molar-refractivity contribution >= 4 is 38.6 Å². The molecule has 0 saturated carbocycles. The van der Waals surface area contributed by atoms with Gasteiger partial charge < -0.3 is 0 Å². The van der Waals surface area contributed by atoms with Gasteiger partial charge in [0, 0.05) is 0 Å². The Kier molecular flexibility index (Phi) is 7.26. The fourth-order valence-electron chi connectivity index (χ4n) is 3.54. The van der Waals surface area contributed by atoms with Crippen LogP contribution in [-0.4, -0.2) is 0 Å². The number of hydrogen-bond donors (Lipinski definition) is 0. The van der Waals surface area contributed by atoms with Crippen molar-refractivity contribution in [3.8, 4) is 11.1 Å². The molecule has 0 unspecified atom stereocenters. The van der Waals surface area contributed by atoms with E-state index in [2.05, 4.69) is 87.5 Å². The van der Waals surface area contributed by atoms with Crippen LogP contribution in [0.4, 0.5) is 0 Å². The SMILES string of the molecule is CCc1cc2c(-c3ccc4ccccc4c3)cc(C(C)C)cc2[cH-]1.[Cl][Zr][Cl]. The summed E-state index contributed by atoms with van der Waals surface area (Å²) in [6.07, 6.45) is 1.09. The maximum atomic E-state index is 4.93. The summed E-state index contributed by atoms with van der Waals surface area (Å²) in [6.45, 7) is 6.78. The predicted octanol–water partition coefficient (Wildman–Crippen LogP) is 8.44. The van der Waals surface area contributed by atoms with Crippen LogP contribution in [0, 0.1) is 0 Å². The Bertz CT molecular complexity index is 1050. The van der Waals surface area contributed by atoms with Gasteiger partial charge in [-0.15, -0.1) is 28.5 Å². The summed E-state index contributed by atoms with van der Waals surface area (Å²) in [7, 11) is 9.87. The van der Waals surface area contributed by atoms with E-state index in [1.807, 2.05) is 0 Å². The van der Waals surface area contributed by atoms with Gasteiger partial charge in [-0.2, -0.15) is 6.07 Å². The number of benzene rings is 3. The van der Waals surface area contributed by atoms with E-state index in [-0.39, 0.29) is 0 Å². The van der Waals surface area contributed by atoms with Crippen molar-refractivity contribution in [3.05, 3.63) is 77.9 Å². The minimum atomic E-state index is -0.826. The van der Waals surface area contributed by atoms with Crippen LogP contribution < -0.4 is 0 Å². The van der Waals surface area contributed by atoms with Crippen molar-refractivity contribution in [1.29, 1.82) is 0 Å². The van der Waals surface area contributed by atoms with Crippen LogP contribution in [0.25, 0.3) is 32.7 Å². The van der Waals surface area contributed by atoms with Crippen molar-refractivity contribution in [1.82, 2.24) is 0 Å². The van der Waals surface area contributed by atoms with Crippen LogP contribution in [0.3, 0.4) is 0 Å². The first kappa shape index (κ1) is 20.7. The zero-order valence-electron chi connectivity index (χ0n) is 15.9. The third-order valence-electron chi connectivity index (χ3n) is 5.04. The molecule has 0 N–H and O–H groups in total. The van der Waals surface area contributed by atoms with Gasteiger partial charge in [-0.25, -0.2) is 0 Å². The van der Waals surface area contributed by atoms with Crippen LogP contribution in [0.1, 0.15) is 37.8 Å². The van der Waals surface area contributed by atoms with Crippen LogP contribution in [0.5, 0.6) is 0 Å². The van der Waals surface area contributed by atoms with Gasteiger partial charge in [-0.05, 0) is 34.7 Å². The van der Waals surface area contributed by atoms with Crippen LogP contribution >= 0.6 is 17.0 Å². The predicted molar refractivity (Wildman–Crippen MR) is 118 cm³/mol. The zero-order valence-corrected chi connectivity index (χ0v) is 19.9. The molecule has 0 spiro atoms. The first-order valence-electron chi connectivity index (χ1n) is 9.26. The second kappa shape index (κ2) is 9.46. The summed E-state index contributed by atoms with van der Waals surface area (Å²) >= 11 is -0.826. The van der Waals surface area contributed by atoms with E-state index in [0.29, 0.717) is 5.92 Å². The Morgan fingerprint density at radius 1 is 0.926 bits per heavy atom. The molecule has 0 heterocycles. The van der Waals surface area contributed by atoms with E-state index in [9.17, 15) is 0 Å². The third kappa shape index (κ3) is 4.71. The van der Waals surface area contributed by atoms with Gasteiger partial charge in [0.1, 0.15) is 0 Å². The first-order valence-corrected chi connectivity index (χ1v) is 15.6. The molecule has 0 aliphatic heterocycles. The number of hydrogen-bond acceptors (Lipinski definition) is 0. The summed E-state index contributed by atoms with van der Waals surface area (Å²) < 4.78 is 0. The molecule has 3 heteroatoms. The van der Waals surface area contributed by atoms with E-state index in [0.717, 1.165) is 6.42 Å². The summed E-state index contributed by atoms with van der Waals surface area (Å²) in [5.74, 6) is 0.536. The first-order chi connectivity index (χ1) is 13.1. The molecular weight excluding hydrogens is 450 g/mol. The fraction of sp³-hybridized carbons (Fsp3) is 0.208. The van der Waals surface area contributed by atoms with Gasteiger partial charge >= 0.3 is 37.9 Å². The number of fused-ring (bicyclic) bond motifs is 2. The molecule has 4 aromatic carbocycles. The standard InChI is InChI=1S/C24H23.2ClH.Zr/c1-4-17-11-22-14-21(16(2)3)15-24(23(22)12-17)20-10-9-18-7-5-6-8-19(18)13-20;;;/h5-16H,4H2,1-3H3;2*1H;/q-1;;;+2/p-2. The van der Waals surface area contributed by atoms with Crippen LogP contribution in [0.15, 0.2) is 66.7 Å². The zero-order chi connectivity index (χ0) is 19.4. The third-order valence-corrected chi connectivity index (χ3v) is 5.04. The van der Waals surface area contributed by atoms with Crippen molar-refractivity contribution < 1.29 is 20.8 Å². The molecule has 0 amide bonds. The summed E-state index contributed by atoms with van der Waals surface area (Å²) in [4.78, 5) is 0. The average Bonchev–Trinajstić information content (AvgIpc) is 3.10. The van der Waals surface area contributed by atoms with Crippen molar-refractivity contribution in [2.24, 2.45) is 0 Å². The van der Waals surface area contributed by atoms with E-state index in [1.165, 1.54) is 43.8 Å². The van der Waals surface area contributed by atoms with Crippen LogP contribution in [0.2, 0.25) is 0 Å². The summed E-state index contributed by atoms with van der Waals surface area (Å²) in [6, 6.07) is 24.9. The molecule has 0 atom stereocenters. The quantitative estimate of drug-likeness (QED) is 0.262. The Morgan fingerprint density at radius 3 is 2.30 bits per heavy atom. The van der Waals surface area contributed by atoms with E-state index >= 15 is 0 Å². The molecule has 0 saturated heterocycles. The monoisotopic (exact) mass is 471 g/mol. The number of rotatable bonds is 3. The average molecular weight is 474 g/mol. The van der Waals surface area contributed by atoms with Gasteiger partial charge in [0.2, 0.25) is 0 Å². The van der Waals surface area contributed by atoms with Gasteiger partial charge in [-0.3, -0.25) is 0 Å². The molecule has 0 aliphatic rings. The maximum absolute atomic E-state index is 4.93. The van der Waals surface area contributed by atoms with Gasteiger partial charge in [-0.1, -0.05) is 74.4 Å². The molecule has 0 aromatic heterocycles. The number of aryl methyl sites for hydroxylation is 1. The molecule has 4 rings (SSSR count). The molecule has 0 bridgehead atoms. The van der Waals surface area contributed by atoms with E-state index in [4.69, 9.17) is 17.0 Å². The van der Waals surface area contributed by atoms with Crippen LogP contribution in [-0.2, 0) is 27.3 Å². The van der Waals surface area contributed by atoms with E-state index < -0.39 is 20.8 Å². The topological polar surface area (TPSA) is 0 Å². The minimum absolute atomic E-state index is 0.536. The summed E-state index contributed by atoms with van der Waals surface area (Å²) in [5.41, 5.74) is 5.52. The fourth-order valence-corrected chi connectivity index (χ4v) is 3.54. The molecule has 0 fully saturated rings. The molecule has 0 radical (unpaired) electrons. The Labute approximate surface area is 180 Å². The van der Waals surface area contributed by atoms with Crippen molar-refractivity contribution in [3.63, 3.8) is 0 Å². The molecule has 0 nitrogen and oxygen atoms in total. The Morgan fingerprint density at radius 2 is 1.63 bits per heavy atom. The van der Waals surface area contributed by atoms with E-state index in [1.54, 1.807) is 0 Å². The molecule has 138 valence electrons. The molecular formula is C24H23Cl2Zr-. The van der Waals surface area contributed by atoms with Crippen molar-refractivity contribution in [2.75, 3.05) is 0 Å². The Balaban J connectivity index is 0.000000659.